The fraction of sp³-hybridized carbons (Fsp3) is 0.701. The van der Waals surface area contributed by atoms with E-state index >= 15 is 0 Å². The molecule has 0 aliphatic carbocycles. The molecule has 0 aliphatic rings. The number of rotatable bonds is 64. The molecule has 0 aromatic carbocycles. The van der Waals surface area contributed by atoms with Crippen molar-refractivity contribution < 1.29 is 32.9 Å². The van der Waals surface area contributed by atoms with Crippen molar-refractivity contribution >= 4 is 13.7 Å². The van der Waals surface area contributed by atoms with Crippen LogP contribution in [0.4, 0.5) is 0 Å². The van der Waals surface area contributed by atoms with Crippen LogP contribution in [0.5, 0.6) is 0 Å². The molecule has 0 saturated heterocycles. The van der Waals surface area contributed by atoms with Gasteiger partial charge in [0.2, 0.25) is 5.91 Å². The molecule has 494 valence electrons. The highest BCUT2D eigenvalue weighted by Gasteiger charge is 2.28. The monoisotopic (exact) mass is 1220 g/mol. The summed E-state index contributed by atoms with van der Waals surface area (Å²) in [6, 6.07) is -0.783. The van der Waals surface area contributed by atoms with E-state index in [0.29, 0.717) is 23.9 Å². The predicted octanol–water partition coefficient (Wildman–Crippen LogP) is 23.0. The van der Waals surface area contributed by atoms with Gasteiger partial charge in [0.1, 0.15) is 13.2 Å². The maximum atomic E-state index is 13.1. The van der Waals surface area contributed by atoms with E-state index in [9.17, 15) is 19.4 Å². The first-order valence-electron chi connectivity index (χ1n) is 35.5. The van der Waals surface area contributed by atoms with Crippen LogP contribution in [-0.4, -0.2) is 73.4 Å². The van der Waals surface area contributed by atoms with Gasteiger partial charge in [-0.25, -0.2) is 4.57 Å². The predicted molar refractivity (Wildman–Crippen MR) is 378 cm³/mol. The molecule has 8 nitrogen and oxygen atoms in total. The third kappa shape index (κ3) is 68.1. The molecule has 9 heteroatoms. The zero-order valence-electron chi connectivity index (χ0n) is 56.5. The topological polar surface area (TPSA) is 105 Å². The first kappa shape index (κ1) is 82.6. The van der Waals surface area contributed by atoms with Crippen molar-refractivity contribution in [3.63, 3.8) is 0 Å². The van der Waals surface area contributed by atoms with Crippen LogP contribution in [0, 0.1) is 0 Å². The second-order valence-electron chi connectivity index (χ2n) is 24.9. The number of hydrogen-bond acceptors (Lipinski definition) is 5. The van der Waals surface area contributed by atoms with E-state index in [1.807, 2.05) is 21.1 Å². The van der Waals surface area contributed by atoms with E-state index in [-0.39, 0.29) is 19.1 Å². The van der Waals surface area contributed by atoms with Crippen LogP contribution in [-0.2, 0) is 18.4 Å². The lowest BCUT2D eigenvalue weighted by molar-refractivity contribution is -0.870. The van der Waals surface area contributed by atoms with E-state index in [2.05, 4.69) is 153 Å². The summed E-state index contributed by atoms with van der Waals surface area (Å²) in [7, 11) is 1.59. The normalized spacial score (nSPS) is 14.5. The molecular formula is C77H136N2O6P+. The number of nitrogens with one attached hydrogen (secondary N) is 1. The van der Waals surface area contributed by atoms with Crippen LogP contribution < -0.4 is 5.32 Å². The Morgan fingerprint density at radius 1 is 0.407 bits per heavy atom. The largest absolute Gasteiger partial charge is 0.472 e. The van der Waals surface area contributed by atoms with Crippen molar-refractivity contribution in [1.82, 2.24) is 5.32 Å². The Morgan fingerprint density at radius 3 is 1.02 bits per heavy atom. The van der Waals surface area contributed by atoms with Crippen LogP contribution >= 0.6 is 7.82 Å². The SMILES string of the molecule is CC/C=C\C/C=C\C/C=C\C/C=C\C/C=C\C/C=C\C/C=C\C/C=C\C/C=C\C/C=C\C/C=C\CCCCCCCC(=O)NC(COP(=O)(O)OCC[N+](C)(C)C)C(O)CCCCCCCCCCCCCCCCCCCCCCCCCCC. The first-order valence-corrected chi connectivity index (χ1v) is 37.0. The number of carbonyl (C=O) groups is 1. The molecular weight excluding hydrogens is 1080 g/mol. The summed E-state index contributed by atoms with van der Waals surface area (Å²) >= 11 is 0. The number of quaternary nitrogens is 1. The molecule has 0 heterocycles. The molecule has 0 aliphatic heterocycles. The number of nitrogens with zero attached hydrogens (tertiary/aromatic N) is 1. The van der Waals surface area contributed by atoms with Crippen molar-refractivity contribution in [1.29, 1.82) is 0 Å². The molecule has 1 amide bonds. The van der Waals surface area contributed by atoms with Crippen molar-refractivity contribution in [2.75, 3.05) is 40.9 Å². The Bertz CT molecular complexity index is 1870. The minimum atomic E-state index is -4.35. The minimum absolute atomic E-state index is 0.0643. The summed E-state index contributed by atoms with van der Waals surface area (Å²) in [6.07, 6.45) is 99.7. The number of unbranched alkanes of at least 4 members (excludes halogenated alkanes) is 29. The number of phosphoric acid groups is 1. The van der Waals surface area contributed by atoms with Gasteiger partial charge in [-0.1, -0.05) is 327 Å². The molecule has 86 heavy (non-hydrogen) atoms. The Hall–Kier alpha value is -3.36. The van der Waals surface area contributed by atoms with E-state index in [1.165, 1.54) is 141 Å². The average Bonchev–Trinajstić information content (AvgIpc) is 3.70. The Labute approximate surface area is 532 Å². The molecule has 0 radical (unpaired) electrons. The van der Waals surface area contributed by atoms with Crippen molar-refractivity contribution in [3.8, 4) is 0 Å². The van der Waals surface area contributed by atoms with Crippen LogP contribution in [0.2, 0.25) is 0 Å². The van der Waals surface area contributed by atoms with Crippen LogP contribution in [0.1, 0.15) is 296 Å². The lowest BCUT2D eigenvalue weighted by Gasteiger charge is -2.26. The van der Waals surface area contributed by atoms with Gasteiger partial charge >= 0.3 is 7.82 Å². The van der Waals surface area contributed by atoms with E-state index in [1.54, 1.807) is 0 Å². The number of hydrogen-bond donors (Lipinski definition) is 3. The summed E-state index contributed by atoms with van der Waals surface area (Å²) in [4.78, 5) is 23.5. The molecule has 0 fully saturated rings. The highest BCUT2D eigenvalue weighted by atomic mass is 31.2. The lowest BCUT2D eigenvalue weighted by atomic mass is 10.0. The zero-order valence-corrected chi connectivity index (χ0v) is 57.4. The van der Waals surface area contributed by atoms with Gasteiger partial charge in [0.25, 0.3) is 0 Å². The fourth-order valence-corrected chi connectivity index (χ4v) is 10.7. The van der Waals surface area contributed by atoms with Crippen LogP contribution in [0.3, 0.4) is 0 Å². The quantitative estimate of drug-likeness (QED) is 0.0243. The molecule has 0 saturated carbocycles. The number of likely N-dealkylation sites (N-methyl/N-ethyl adjacent to an activating group) is 1. The minimum Gasteiger partial charge on any atom is -0.391 e. The van der Waals surface area contributed by atoms with Crippen LogP contribution in [0.15, 0.2) is 134 Å². The fourth-order valence-electron chi connectivity index (χ4n) is 9.94. The highest BCUT2D eigenvalue weighted by molar-refractivity contribution is 7.47. The van der Waals surface area contributed by atoms with Gasteiger partial charge in [-0.3, -0.25) is 13.8 Å². The lowest BCUT2D eigenvalue weighted by Crippen LogP contribution is -2.46. The summed E-state index contributed by atoms with van der Waals surface area (Å²) in [6.45, 7) is 4.78. The molecule has 3 atom stereocenters. The number of aliphatic hydroxyl groups excluding tert-OH is 1. The molecule has 3 unspecified atom stereocenters. The van der Waals surface area contributed by atoms with Crippen molar-refractivity contribution in [2.24, 2.45) is 0 Å². The number of phosphoric ester groups is 1. The molecule has 0 aromatic heterocycles. The van der Waals surface area contributed by atoms with Gasteiger partial charge in [-0.15, -0.1) is 0 Å². The third-order valence-corrected chi connectivity index (χ3v) is 16.4. The van der Waals surface area contributed by atoms with Crippen molar-refractivity contribution in [2.45, 2.75) is 309 Å². The van der Waals surface area contributed by atoms with E-state index in [0.717, 1.165) is 128 Å². The Morgan fingerprint density at radius 2 is 0.698 bits per heavy atom. The molecule has 3 N–H and O–H groups in total. The first-order chi connectivity index (χ1) is 42.0. The van der Waals surface area contributed by atoms with Gasteiger partial charge in [-0.05, 0) is 96.3 Å². The molecule has 0 aromatic rings. The van der Waals surface area contributed by atoms with Crippen LogP contribution in [0.25, 0.3) is 0 Å². The summed E-state index contributed by atoms with van der Waals surface area (Å²) in [5.74, 6) is -0.165. The van der Waals surface area contributed by atoms with E-state index < -0.39 is 20.0 Å². The van der Waals surface area contributed by atoms with Gasteiger partial charge in [0, 0.05) is 6.42 Å². The smallest absolute Gasteiger partial charge is 0.391 e. The van der Waals surface area contributed by atoms with Gasteiger partial charge < -0.3 is 19.8 Å². The standard InChI is InChI=1S/C77H135N2O6P/c1-6-8-10-12-14-16-18-20-22-24-26-28-30-32-33-34-35-36-37-38-39-40-41-42-43-44-45-47-49-51-53-55-57-59-61-63-65-67-69-71-77(81)78-75(74-85-86(82,83)84-73-72-79(3,4)5)76(80)70-68-66-64-62-60-58-56-54-52-50-48-46-31-29-27-25-23-21-19-17-15-13-11-9-7-2/h8,10,14,16,20,22,26,28,32-33,35-36,38-39,41-42,44-45,49,51,55,57,75-76,80H,6-7,9,11-13,15,17-19,21,23-25,27,29-31,34,37,40,43,46-48,50,52-54,56,58-74H2,1-5H3,(H-,78,81,82,83)/p+1/b10-8-,16-14-,22-20-,28-26-,33-32-,36-35-,39-38-,42-41-,45-44-,51-49-,57-55-. The second kappa shape index (κ2) is 66.1. The van der Waals surface area contributed by atoms with Gasteiger partial charge in [-0.2, -0.15) is 0 Å². The molecule has 0 spiro atoms. The van der Waals surface area contributed by atoms with Gasteiger partial charge in [0.05, 0.1) is 39.9 Å². The van der Waals surface area contributed by atoms with E-state index in [4.69, 9.17) is 9.05 Å². The highest BCUT2D eigenvalue weighted by Crippen LogP contribution is 2.43. The number of aliphatic hydroxyl groups is 1. The van der Waals surface area contributed by atoms with Gasteiger partial charge in [0.15, 0.2) is 0 Å². The maximum absolute atomic E-state index is 13.1. The van der Waals surface area contributed by atoms with Crippen molar-refractivity contribution in [3.05, 3.63) is 134 Å². The second-order valence-corrected chi connectivity index (χ2v) is 26.3. The zero-order chi connectivity index (χ0) is 62.6. The molecule has 0 rings (SSSR count). The number of amides is 1. The number of carbonyl (C=O) groups excluding carboxylic acids is 1. The summed E-state index contributed by atoms with van der Waals surface area (Å²) < 4.78 is 23.9. The number of allylic oxidation sites excluding steroid dienone is 22. The Kier molecular flexibility index (Phi) is 63.5. The summed E-state index contributed by atoms with van der Waals surface area (Å²) in [5, 5.41) is 14.1. The Balaban J connectivity index is 4.15. The third-order valence-electron chi connectivity index (χ3n) is 15.4. The maximum Gasteiger partial charge on any atom is 0.472 e. The average molecular weight is 1220 g/mol. The summed E-state index contributed by atoms with van der Waals surface area (Å²) in [5.41, 5.74) is 0. The molecule has 0 bridgehead atoms.